The van der Waals surface area contributed by atoms with Crippen LogP contribution in [-0.4, -0.2) is 68.8 Å². The number of ether oxygens (including phenoxy) is 2. The summed E-state index contributed by atoms with van der Waals surface area (Å²) in [5.41, 5.74) is 1.92. The molecule has 0 spiro atoms. The van der Waals surface area contributed by atoms with E-state index in [0.29, 0.717) is 13.2 Å². The summed E-state index contributed by atoms with van der Waals surface area (Å²) >= 11 is 3.84. The van der Waals surface area contributed by atoms with E-state index in [1.54, 1.807) is 0 Å². The SMILES string of the molecule is O=Cc1ccc(N2CCSCCOCCOCCSCC2)cc1. The largest absolute Gasteiger partial charge is 0.378 e. The molecule has 0 radical (unpaired) electrons. The average Bonchev–Trinajstić information content (AvgIpc) is 2.60. The molecule has 0 saturated carbocycles. The first-order valence-electron chi connectivity index (χ1n) is 8.01. The van der Waals surface area contributed by atoms with E-state index in [-0.39, 0.29) is 0 Å². The van der Waals surface area contributed by atoms with Crippen molar-refractivity contribution in [2.45, 2.75) is 0 Å². The van der Waals surface area contributed by atoms with Crippen molar-refractivity contribution in [1.29, 1.82) is 0 Å². The van der Waals surface area contributed by atoms with Crippen LogP contribution in [0.25, 0.3) is 0 Å². The fraction of sp³-hybridized carbons (Fsp3) is 0.588. The van der Waals surface area contributed by atoms with E-state index in [9.17, 15) is 4.79 Å². The van der Waals surface area contributed by atoms with Gasteiger partial charge in [-0.25, -0.2) is 0 Å². The highest BCUT2D eigenvalue weighted by Gasteiger charge is 2.07. The fourth-order valence-corrected chi connectivity index (χ4v) is 3.82. The fourth-order valence-electron chi connectivity index (χ4n) is 2.24. The molecule has 1 aromatic carbocycles. The summed E-state index contributed by atoms with van der Waals surface area (Å²) in [5.74, 6) is 4.21. The first-order valence-corrected chi connectivity index (χ1v) is 10.3. The van der Waals surface area contributed by atoms with Gasteiger partial charge in [0.05, 0.1) is 26.4 Å². The maximum absolute atomic E-state index is 10.8. The maximum atomic E-state index is 10.8. The first-order chi connectivity index (χ1) is 11.4. The Morgan fingerprint density at radius 1 is 0.826 bits per heavy atom. The van der Waals surface area contributed by atoms with Gasteiger partial charge in [0, 0.05) is 47.4 Å². The number of carbonyl (C=O) groups excluding carboxylic acids is 1. The molecular formula is C17H25NO3S2. The van der Waals surface area contributed by atoms with Gasteiger partial charge in [-0.15, -0.1) is 0 Å². The number of carbonyl (C=O) groups is 1. The zero-order valence-corrected chi connectivity index (χ0v) is 15.1. The molecule has 23 heavy (non-hydrogen) atoms. The molecule has 0 unspecified atom stereocenters. The molecule has 1 aromatic rings. The summed E-state index contributed by atoms with van der Waals surface area (Å²) in [4.78, 5) is 13.2. The highest BCUT2D eigenvalue weighted by atomic mass is 32.2. The standard InChI is InChI=1S/C17H25NO3S2/c19-15-16-1-3-17(4-2-16)18-5-11-22-13-9-20-7-8-21-10-14-23-12-6-18/h1-4,15H,5-14H2. The van der Waals surface area contributed by atoms with Gasteiger partial charge in [0.15, 0.2) is 0 Å². The van der Waals surface area contributed by atoms with E-state index >= 15 is 0 Å². The number of thioether (sulfide) groups is 2. The second kappa shape index (κ2) is 11.8. The van der Waals surface area contributed by atoms with Crippen LogP contribution in [0, 0.1) is 0 Å². The van der Waals surface area contributed by atoms with E-state index in [1.165, 1.54) is 5.69 Å². The predicted molar refractivity (Wildman–Crippen MR) is 100 cm³/mol. The lowest BCUT2D eigenvalue weighted by Gasteiger charge is -2.24. The van der Waals surface area contributed by atoms with Crippen LogP contribution in [0.5, 0.6) is 0 Å². The van der Waals surface area contributed by atoms with Crippen molar-refractivity contribution < 1.29 is 14.3 Å². The van der Waals surface area contributed by atoms with E-state index < -0.39 is 0 Å². The van der Waals surface area contributed by atoms with E-state index in [2.05, 4.69) is 4.90 Å². The van der Waals surface area contributed by atoms with Gasteiger partial charge in [-0.3, -0.25) is 4.79 Å². The Balaban J connectivity index is 1.89. The van der Waals surface area contributed by atoms with Crippen LogP contribution in [0.15, 0.2) is 24.3 Å². The Hall–Kier alpha value is -0.690. The summed E-state index contributed by atoms with van der Waals surface area (Å²) in [7, 11) is 0. The average molecular weight is 356 g/mol. The van der Waals surface area contributed by atoms with Gasteiger partial charge in [-0.05, 0) is 24.3 Å². The van der Waals surface area contributed by atoms with Gasteiger partial charge in [-0.2, -0.15) is 23.5 Å². The summed E-state index contributed by atoms with van der Waals surface area (Å²) in [5, 5.41) is 0. The monoisotopic (exact) mass is 355 g/mol. The molecule has 1 aliphatic rings. The third kappa shape index (κ3) is 7.61. The van der Waals surface area contributed by atoms with Crippen molar-refractivity contribution in [2.75, 3.05) is 67.4 Å². The van der Waals surface area contributed by atoms with Crippen LogP contribution in [0.4, 0.5) is 5.69 Å². The summed E-state index contributed by atoms with van der Waals surface area (Å²) < 4.78 is 11.1. The van der Waals surface area contributed by atoms with Gasteiger partial charge < -0.3 is 14.4 Å². The third-order valence-corrected chi connectivity index (χ3v) is 5.37. The number of aldehydes is 1. The normalized spacial score (nSPS) is 19.6. The molecule has 1 fully saturated rings. The lowest BCUT2D eigenvalue weighted by molar-refractivity contribution is 0.0605. The van der Waals surface area contributed by atoms with Crippen molar-refractivity contribution in [3.05, 3.63) is 29.8 Å². The molecular weight excluding hydrogens is 330 g/mol. The molecule has 128 valence electrons. The molecule has 0 atom stereocenters. The number of nitrogens with zero attached hydrogens (tertiary/aromatic N) is 1. The molecule has 4 nitrogen and oxygen atoms in total. The van der Waals surface area contributed by atoms with E-state index in [4.69, 9.17) is 9.47 Å². The molecule has 0 bridgehead atoms. The van der Waals surface area contributed by atoms with Crippen molar-refractivity contribution in [3.63, 3.8) is 0 Å². The summed E-state index contributed by atoms with van der Waals surface area (Å²) in [6, 6.07) is 7.86. The van der Waals surface area contributed by atoms with Gasteiger partial charge in [0.1, 0.15) is 6.29 Å². The number of anilines is 1. The number of benzene rings is 1. The highest BCUT2D eigenvalue weighted by molar-refractivity contribution is 7.99. The minimum Gasteiger partial charge on any atom is -0.378 e. The van der Waals surface area contributed by atoms with E-state index in [1.807, 2.05) is 47.8 Å². The Morgan fingerprint density at radius 2 is 1.39 bits per heavy atom. The molecule has 1 heterocycles. The van der Waals surface area contributed by atoms with Crippen molar-refractivity contribution in [2.24, 2.45) is 0 Å². The molecule has 0 N–H and O–H groups in total. The van der Waals surface area contributed by atoms with Crippen LogP contribution in [-0.2, 0) is 9.47 Å². The van der Waals surface area contributed by atoms with Crippen LogP contribution >= 0.6 is 23.5 Å². The summed E-state index contributed by atoms with van der Waals surface area (Å²) in [6.45, 7) is 5.00. The van der Waals surface area contributed by atoms with Crippen LogP contribution in [0.3, 0.4) is 0 Å². The minimum absolute atomic E-state index is 0.695. The van der Waals surface area contributed by atoms with Crippen molar-refractivity contribution >= 4 is 35.5 Å². The molecule has 1 saturated heterocycles. The van der Waals surface area contributed by atoms with Crippen LogP contribution < -0.4 is 4.90 Å². The van der Waals surface area contributed by atoms with Gasteiger partial charge >= 0.3 is 0 Å². The van der Waals surface area contributed by atoms with Gasteiger partial charge in [0.2, 0.25) is 0 Å². The van der Waals surface area contributed by atoms with Gasteiger partial charge in [-0.1, -0.05) is 0 Å². The second-order valence-corrected chi connectivity index (χ2v) is 7.60. The van der Waals surface area contributed by atoms with Crippen molar-refractivity contribution in [1.82, 2.24) is 0 Å². The van der Waals surface area contributed by atoms with Crippen molar-refractivity contribution in [3.8, 4) is 0 Å². The predicted octanol–water partition coefficient (Wildman–Crippen LogP) is 2.82. The topological polar surface area (TPSA) is 38.8 Å². The first kappa shape index (κ1) is 18.6. The number of hydrogen-bond acceptors (Lipinski definition) is 6. The van der Waals surface area contributed by atoms with Gasteiger partial charge in [0.25, 0.3) is 0 Å². The highest BCUT2D eigenvalue weighted by Crippen LogP contribution is 2.17. The zero-order valence-electron chi connectivity index (χ0n) is 13.4. The molecule has 0 aromatic heterocycles. The van der Waals surface area contributed by atoms with E-state index in [0.717, 1.165) is 61.2 Å². The lowest BCUT2D eigenvalue weighted by Crippen LogP contribution is -2.28. The number of rotatable bonds is 2. The smallest absolute Gasteiger partial charge is 0.150 e. The maximum Gasteiger partial charge on any atom is 0.150 e. The van der Waals surface area contributed by atoms with Crippen LogP contribution in [0.1, 0.15) is 10.4 Å². The minimum atomic E-state index is 0.695. The quantitative estimate of drug-likeness (QED) is 0.760. The third-order valence-electron chi connectivity index (χ3n) is 3.52. The second-order valence-electron chi connectivity index (χ2n) is 5.15. The lowest BCUT2D eigenvalue weighted by atomic mass is 10.2. The molecule has 1 aliphatic heterocycles. The molecule has 2 rings (SSSR count). The molecule has 6 heteroatoms. The molecule has 0 aliphatic carbocycles. The Labute approximate surface area is 147 Å². The summed E-state index contributed by atoms with van der Waals surface area (Å²) in [6.07, 6.45) is 0.890. The molecule has 0 amide bonds. The zero-order chi connectivity index (χ0) is 16.2. The number of hydrogen-bond donors (Lipinski definition) is 0. The Kier molecular flexibility index (Phi) is 9.55. The Bertz CT molecular complexity index is 426. The Morgan fingerprint density at radius 3 is 1.91 bits per heavy atom. The van der Waals surface area contributed by atoms with Crippen LogP contribution in [0.2, 0.25) is 0 Å².